The second-order valence-corrected chi connectivity index (χ2v) is 7.40. The first-order chi connectivity index (χ1) is 11.4. The summed E-state index contributed by atoms with van der Waals surface area (Å²) in [5.74, 6) is -0.0693. The summed E-state index contributed by atoms with van der Waals surface area (Å²) in [7, 11) is 0. The van der Waals surface area contributed by atoms with E-state index in [0.717, 1.165) is 22.3 Å². The number of carbonyl (C=O) groups is 1. The van der Waals surface area contributed by atoms with Crippen molar-refractivity contribution in [3.05, 3.63) is 46.6 Å². The summed E-state index contributed by atoms with van der Waals surface area (Å²) in [6, 6.07) is 7.76. The fourth-order valence-electron chi connectivity index (χ4n) is 2.23. The van der Waals surface area contributed by atoms with Crippen molar-refractivity contribution in [2.75, 3.05) is 5.32 Å². The lowest BCUT2D eigenvalue weighted by Gasteiger charge is -2.13. The predicted octanol–water partition coefficient (Wildman–Crippen LogP) is 4.35. The van der Waals surface area contributed by atoms with Gasteiger partial charge in [-0.05, 0) is 44.0 Å². The molecule has 0 bridgehead atoms. The summed E-state index contributed by atoms with van der Waals surface area (Å²) < 4.78 is 0. The lowest BCUT2D eigenvalue weighted by molar-refractivity contribution is -0.115. The summed E-state index contributed by atoms with van der Waals surface area (Å²) in [6.07, 6.45) is 1.55. The highest BCUT2D eigenvalue weighted by Crippen LogP contribution is 2.25. The minimum absolute atomic E-state index is 0.0693. The lowest BCUT2D eigenvalue weighted by Crippen LogP contribution is -2.23. The van der Waals surface area contributed by atoms with Gasteiger partial charge in [0.05, 0.1) is 15.8 Å². The molecule has 0 aliphatic carbocycles. The van der Waals surface area contributed by atoms with Gasteiger partial charge in [0, 0.05) is 11.9 Å². The van der Waals surface area contributed by atoms with E-state index in [9.17, 15) is 4.79 Å². The predicted molar refractivity (Wildman–Crippen MR) is 98.8 cm³/mol. The number of pyridine rings is 1. The number of H-pyrrole nitrogens is 1. The van der Waals surface area contributed by atoms with Gasteiger partial charge < -0.3 is 10.3 Å². The molecule has 2 N–H and O–H groups in total. The molecule has 3 rings (SSSR count). The lowest BCUT2D eigenvalue weighted by atomic mass is 10.1. The number of fused-ring (bicyclic) bond motifs is 1. The SMILES string of the molecule is Cc1ccc(C)c(NC(=O)[C@@H](C)Sc2nc3ncc(Cl)cc3[nH]2)c1. The second kappa shape index (κ2) is 6.83. The van der Waals surface area contributed by atoms with Crippen molar-refractivity contribution in [2.24, 2.45) is 0 Å². The number of hydrogen-bond acceptors (Lipinski definition) is 4. The van der Waals surface area contributed by atoms with E-state index in [0.29, 0.717) is 15.8 Å². The molecule has 1 aromatic carbocycles. The molecule has 1 atom stereocenters. The molecule has 3 aromatic rings. The number of aromatic nitrogens is 3. The van der Waals surface area contributed by atoms with Gasteiger partial charge in [-0.25, -0.2) is 9.97 Å². The van der Waals surface area contributed by atoms with Crippen LogP contribution in [-0.4, -0.2) is 26.1 Å². The van der Waals surface area contributed by atoms with Crippen molar-refractivity contribution in [3.8, 4) is 0 Å². The number of rotatable bonds is 4. The van der Waals surface area contributed by atoms with E-state index in [1.165, 1.54) is 11.8 Å². The maximum absolute atomic E-state index is 12.4. The zero-order chi connectivity index (χ0) is 17.3. The molecule has 0 fully saturated rings. The Labute approximate surface area is 149 Å². The Hall–Kier alpha value is -2.05. The van der Waals surface area contributed by atoms with Gasteiger partial charge in [-0.3, -0.25) is 4.79 Å². The highest BCUT2D eigenvalue weighted by molar-refractivity contribution is 8.00. The Morgan fingerprint density at radius 2 is 2.12 bits per heavy atom. The van der Waals surface area contributed by atoms with Crippen LogP contribution < -0.4 is 5.32 Å². The topological polar surface area (TPSA) is 70.7 Å². The van der Waals surface area contributed by atoms with Gasteiger partial charge in [0.1, 0.15) is 0 Å². The van der Waals surface area contributed by atoms with Crippen LogP contribution in [0, 0.1) is 13.8 Å². The molecule has 1 amide bonds. The van der Waals surface area contributed by atoms with Gasteiger partial charge in [-0.1, -0.05) is 35.5 Å². The van der Waals surface area contributed by atoms with E-state index in [-0.39, 0.29) is 11.2 Å². The fraction of sp³-hybridized carbons (Fsp3) is 0.235. The van der Waals surface area contributed by atoms with Gasteiger partial charge in [0.25, 0.3) is 0 Å². The first-order valence-corrected chi connectivity index (χ1v) is 8.74. The monoisotopic (exact) mass is 360 g/mol. The summed E-state index contributed by atoms with van der Waals surface area (Å²) in [5, 5.41) is 3.86. The number of carbonyl (C=O) groups excluding carboxylic acids is 1. The number of halogens is 1. The number of nitrogens with zero attached hydrogens (tertiary/aromatic N) is 2. The van der Waals surface area contributed by atoms with Crippen LogP contribution in [0.25, 0.3) is 11.2 Å². The van der Waals surface area contributed by atoms with E-state index in [2.05, 4.69) is 20.3 Å². The third-order valence-corrected chi connectivity index (χ3v) is 4.78. The Kier molecular flexibility index (Phi) is 4.78. The number of thioether (sulfide) groups is 1. The van der Waals surface area contributed by atoms with Crippen LogP contribution in [0.5, 0.6) is 0 Å². The number of hydrogen-bond donors (Lipinski definition) is 2. The summed E-state index contributed by atoms with van der Waals surface area (Å²) in [5.41, 5.74) is 4.33. The van der Waals surface area contributed by atoms with Gasteiger partial charge in [0.15, 0.2) is 10.8 Å². The molecule has 7 heteroatoms. The van der Waals surface area contributed by atoms with E-state index in [1.807, 2.05) is 39.0 Å². The molecule has 0 unspecified atom stereocenters. The normalized spacial score (nSPS) is 12.3. The molecule has 0 aliphatic heterocycles. The van der Waals surface area contributed by atoms with Crippen LogP contribution in [0.4, 0.5) is 5.69 Å². The summed E-state index contributed by atoms with van der Waals surface area (Å²) in [4.78, 5) is 24.1. The van der Waals surface area contributed by atoms with Crippen molar-refractivity contribution < 1.29 is 4.79 Å². The smallest absolute Gasteiger partial charge is 0.237 e. The minimum Gasteiger partial charge on any atom is -0.331 e. The number of aromatic amines is 1. The molecular weight excluding hydrogens is 344 g/mol. The van der Waals surface area contributed by atoms with Crippen LogP contribution in [-0.2, 0) is 4.79 Å². The molecular formula is C17H17ClN4OS. The first-order valence-electron chi connectivity index (χ1n) is 7.48. The average Bonchev–Trinajstić information content (AvgIpc) is 2.92. The molecule has 5 nitrogen and oxygen atoms in total. The van der Waals surface area contributed by atoms with Crippen LogP contribution in [0.1, 0.15) is 18.1 Å². The van der Waals surface area contributed by atoms with E-state index < -0.39 is 0 Å². The maximum atomic E-state index is 12.4. The zero-order valence-electron chi connectivity index (χ0n) is 13.6. The number of amides is 1. The van der Waals surface area contributed by atoms with Crippen LogP contribution in [0.15, 0.2) is 35.6 Å². The Morgan fingerprint density at radius 3 is 2.92 bits per heavy atom. The van der Waals surface area contributed by atoms with Crippen molar-refractivity contribution in [1.29, 1.82) is 0 Å². The molecule has 0 saturated carbocycles. The number of imidazole rings is 1. The molecule has 124 valence electrons. The Bertz CT molecular complexity index is 909. The van der Waals surface area contributed by atoms with Gasteiger partial charge >= 0.3 is 0 Å². The average molecular weight is 361 g/mol. The quantitative estimate of drug-likeness (QED) is 0.678. The van der Waals surface area contributed by atoms with Crippen LogP contribution in [0.3, 0.4) is 0 Å². The highest BCUT2D eigenvalue weighted by atomic mass is 35.5. The number of benzene rings is 1. The molecule has 2 heterocycles. The van der Waals surface area contributed by atoms with Crippen LogP contribution in [0.2, 0.25) is 5.02 Å². The van der Waals surface area contributed by atoms with Crippen molar-refractivity contribution in [1.82, 2.24) is 15.0 Å². The molecule has 0 saturated heterocycles. The Morgan fingerprint density at radius 1 is 1.33 bits per heavy atom. The van der Waals surface area contributed by atoms with Crippen molar-refractivity contribution in [3.63, 3.8) is 0 Å². The van der Waals surface area contributed by atoms with Gasteiger partial charge in [-0.15, -0.1) is 0 Å². The maximum Gasteiger partial charge on any atom is 0.237 e. The number of nitrogens with one attached hydrogen (secondary N) is 2. The number of aryl methyl sites for hydroxylation is 2. The molecule has 0 aliphatic rings. The van der Waals surface area contributed by atoms with Gasteiger partial charge in [0.2, 0.25) is 5.91 Å². The first kappa shape index (κ1) is 16.8. The third-order valence-electron chi connectivity index (χ3n) is 3.59. The second-order valence-electron chi connectivity index (χ2n) is 5.63. The van der Waals surface area contributed by atoms with E-state index in [4.69, 9.17) is 11.6 Å². The van der Waals surface area contributed by atoms with Gasteiger partial charge in [-0.2, -0.15) is 0 Å². The molecule has 0 spiro atoms. The summed E-state index contributed by atoms with van der Waals surface area (Å²) in [6.45, 7) is 5.82. The highest BCUT2D eigenvalue weighted by Gasteiger charge is 2.18. The van der Waals surface area contributed by atoms with Crippen LogP contribution >= 0.6 is 23.4 Å². The Balaban J connectivity index is 1.72. The summed E-state index contributed by atoms with van der Waals surface area (Å²) >= 11 is 7.27. The minimum atomic E-state index is -0.305. The fourth-order valence-corrected chi connectivity index (χ4v) is 3.20. The van der Waals surface area contributed by atoms with Crippen molar-refractivity contribution in [2.45, 2.75) is 31.2 Å². The van der Waals surface area contributed by atoms with E-state index >= 15 is 0 Å². The molecule has 0 radical (unpaired) electrons. The standard InChI is InChI=1S/C17H17ClN4OS/c1-9-4-5-10(2)13(6-9)20-16(23)11(3)24-17-21-14-7-12(18)8-19-15(14)22-17/h4-8,11H,1-3H3,(H,20,23)(H,19,21,22)/t11-/m1/s1. The zero-order valence-corrected chi connectivity index (χ0v) is 15.1. The molecule has 2 aromatic heterocycles. The number of anilines is 1. The van der Waals surface area contributed by atoms with E-state index in [1.54, 1.807) is 12.3 Å². The molecule has 24 heavy (non-hydrogen) atoms. The van der Waals surface area contributed by atoms with Crippen molar-refractivity contribution >= 4 is 46.1 Å². The third kappa shape index (κ3) is 3.71. The largest absolute Gasteiger partial charge is 0.331 e.